The van der Waals surface area contributed by atoms with Crippen LogP contribution in [0.5, 0.6) is 11.5 Å². The van der Waals surface area contributed by atoms with Crippen LogP contribution in [0.2, 0.25) is 0 Å². The number of sulfonamides is 1. The molecule has 2 aromatic rings. The van der Waals surface area contributed by atoms with Crippen molar-refractivity contribution < 1.29 is 22.7 Å². The Morgan fingerprint density at radius 2 is 1.58 bits per heavy atom. The zero-order valence-corrected chi connectivity index (χ0v) is 18.9. The van der Waals surface area contributed by atoms with E-state index in [0.717, 1.165) is 30.4 Å². The van der Waals surface area contributed by atoms with E-state index >= 15 is 0 Å². The molecule has 0 aliphatic carbocycles. The van der Waals surface area contributed by atoms with Crippen LogP contribution < -0.4 is 14.8 Å². The van der Waals surface area contributed by atoms with Gasteiger partial charge in [0.25, 0.3) is 0 Å². The second kappa shape index (κ2) is 10.6. The molecular formula is C23H30N2O5S. The lowest BCUT2D eigenvalue weighted by atomic mass is 10.1. The number of hydrogen-bond acceptors (Lipinski definition) is 5. The molecule has 168 valence electrons. The molecular weight excluding hydrogens is 416 g/mol. The van der Waals surface area contributed by atoms with E-state index in [2.05, 4.69) is 5.32 Å². The number of methoxy groups -OCH3 is 2. The number of nitrogens with one attached hydrogen (secondary N) is 1. The fraction of sp³-hybridized carbons (Fsp3) is 0.435. The molecule has 0 radical (unpaired) electrons. The van der Waals surface area contributed by atoms with Crippen LogP contribution in [0.15, 0.2) is 47.4 Å². The SMILES string of the molecule is COc1ccc(CC(=O)NCCc2ccc(S(=O)(=O)N3CCCCC3)cc2)cc1OC. The third kappa shape index (κ3) is 5.98. The first-order valence-corrected chi connectivity index (χ1v) is 11.9. The number of ether oxygens (including phenoxy) is 2. The summed E-state index contributed by atoms with van der Waals surface area (Å²) in [6.45, 7) is 1.66. The Hall–Kier alpha value is -2.58. The molecule has 0 unspecified atom stereocenters. The number of amides is 1. The molecule has 31 heavy (non-hydrogen) atoms. The van der Waals surface area contributed by atoms with E-state index in [-0.39, 0.29) is 12.3 Å². The minimum Gasteiger partial charge on any atom is -0.493 e. The molecule has 7 nitrogen and oxygen atoms in total. The number of benzene rings is 2. The van der Waals surface area contributed by atoms with Crippen LogP contribution in [-0.4, -0.2) is 52.5 Å². The Morgan fingerprint density at radius 1 is 0.935 bits per heavy atom. The van der Waals surface area contributed by atoms with Crippen LogP contribution in [0.1, 0.15) is 30.4 Å². The highest BCUT2D eigenvalue weighted by atomic mass is 32.2. The predicted molar refractivity (Wildman–Crippen MR) is 119 cm³/mol. The highest BCUT2D eigenvalue weighted by Crippen LogP contribution is 2.27. The van der Waals surface area contributed by atoms with Gasteiger partial charge in [0.15, 0.2) is 11.5 Å². The second-order valence-electron chi connectivity index (χ2n) is 7.57. The van der Waals surface area contributed by atoms with Gasteiger partial charge < -0.3 is 14.8 Å². The summed E-state index contributed by atoms with van der Waals surface area (Å²) in [6.07, 6.45) is 3.79. The van der Waals surface area contributed by atoms with Gasteiger partial charge >= 0.3 is 0 Å². The van der Waals surface area contributed by atoms with E-state index in [1.54, 1.807) is 42.8 Å². The summed E-state index contributed by atoms with van der Waals surface area (Å²) in [5.74, 6) is 1.13. The van der Waals surface area contributed by atoms with Gasteiger partial charge in [-0.15, -0.1) is 0 Å². The normalized spacial score (nSPS) is 14.8. The largest absolute Gasteiger partial charge is 0.493 e. The predicted octanol–water partition coefficient (Wildman–Crippen LogP) is 2.78. The van der Waals surface area contributed by atoms with Gasteiger partial charge in [-0.2, -0.15) is 4.31 Å². The van der Waals surface area contributed by atoms with E-state index in [9.17, 15) is 13.2 Å². The van der Waals surface area contributed by atoms with Gasteiger partial charge in [-0.3, -0.25) is 4.79 Å². The van der Waals surface area contributed by atoms with E-state index in [1.165, 1.54) is 0 Å². The van der Waals surface area contributed by atoms with Crippen LogP contribution >= 0.6 is 0 Å². The third-order valence-corrected chi connectivity index (χ3v) is 7.34. The molecule has 1 amide bonds. The first-order chi connectivity index (χ1) is 14.9. The van der Waals surface area contributed by atoms with Crippen LogP contribution in [0, 0.1) is 0 Å². The van der Waals surface area contributed by atoms with Crippen molar-refractivity contribution in [1.82, 2.24) is 9.62 Å². The molecule has 1 saturated heterocycles. The van der Waals surface area contributed by atoms with Crippen molar-refractivity contribution in [3.63, 3.8) is 0 Å². The van der Waals surface area contributed by atoms with Crippen LogP contribution in [0.4, 0.5) is 0 Å². The summed E-state index contributed by atoms with van der Waals surface area (Å²) in [5, 5.41) is 2.90. The Morgan fingerprint density at radius 3 is 2.23 bits per heavy atom. The van der Waals surface area contributed by atoms with E-state index in [1.807, 2.05) is 18.2 Å². The minimum absolute atomic E-state index is 0.0866. The number of rotatable bonds is 9. The number of carbonyl (C=O) groups is 1. The number of carbonyl (C=O) groups excluding carboxylic acids is 1. The summed E-state index contributed by atoms with van der Waals surface area (Å²) in [5.41, 5.74) is 1.81. The lowest BCUT2D eigenvalue weighted by Crippen LogP contribution is -2.35. The summed E-state index contributed by atoms with van der Waals surface area (Å²) >= 11 is 0. The lowest BCUT2D eigenvalue weighted by Gasteiger charge is -2.25. The zero-order valence-electron chi connectivity index (χ0n) is 18.1. The Bertz CT molecular complexity index is 984. The van der Waals surface area contributed by atoms with Crippen molar-refractivity contribution in [2.75, 3.05) is 33.9 Å². The molecule has 1 heterocycles. The Labute approximate surface area is 184 Å². The van der Waals surface area contributed by atoms with Crippen molar-refractivity contribution in [3.8, 4) is 11.5 Å². The lowest BCUT2D eigenvalue weighted by molar-refractivity contribution is -0.120. The topological polar surface area (TPSA) is 84.9 Å². The smallest absolute Gasteiger partial charge is 0.243 e. The van der Waals surface area contributed by atoms with Gasteiger partial charge in [0.2, 0.25) is 15.9 Å². The molecule has 1 aliphatic heterocycles. The molecule has 0 bridgehead atoms. The maximum absolute atomic E-state index is 12.7. The minimum atomic E-state index is -3.41. The number of hydrogen-bond donors (Lipinski definition) is 1. The summed E-state index contributed by atoms with van der Waals surface area (Å²) in [6, 6.07) is 12.4. The van der Waals surface area contributed by atoms with Gasteiger partial charge in [0, 0.05) is 19.6 Å². The standard InChI is InChI=1S/C23H30N2O5S/c1-29-21-11-8-19(16-22(21)30-2)17-23(26)24-13-12-18-6-9-20(10-7-18)31(27,28)25-14-4-3-5-15-25/h6-11,16H,3-5,12-15,17H2,1-2H3,(H,24,26). The molecule has 0 saturated carbocycles. The third-order valence-electron chi connectivity index (χ3n) is 5.42. The fourth-order valence-electron chi connectivity index (χ4n) is 3.67. The average molecular weight is 447 g/mol. The molecule has 0 atom stereocenters. The maximum Gasteiger partial charge on any atom is 0.243 e. The Kier molecular flexibility index (Phi) is 7.92. The fourth-order valence-corrected chi connectivity index (χ4v) is 5.18. The first kappa shape index (κ1) is 23.1. The molecule has 1 aliphatic rings. The van der Waals surface area contributed by atoms with Crippen molar-refractivity contribution >= 4 is 15.9 Å². The Balaban J connectivity index is 1.50. The van der Waals surface area contributed by atoms with Crippen LogP contribution in [0.25, 0.3) is 0 Å². The molecule has 1 fully saturated rings. The van der Waals surface area contributed by atoms with Gasteiger partial charge in [-0.25, -0.2) is 8.42 Å². The quantitative estimate of drug-likeness (QED) is 0.640. The zero-order chi connectivity index (χ0) is 22.3. The first-order valence-electron chi connectivity index (χ1n) is 10.5. The molecule has 8 heteroatoms. The summed E-state index contributed by atoms with van der Waals surface area (Å²) in [7, 11) is -0.284. The number of nitrogens with zero attached hydrogens (tertiary/aromatic N) is 1. The van der Waals surface area contributed by atoms with Gasteiger partial charge in [-0.1, -0.05) is 24.6 Å². The average Bonchev–Trinajstić information content (AvgIpc) is 2.80. The van der Waals surface area contributed by atoms with Crippen molar-refractivity contribution in [2.24, 2.45) is 0 Å². The highest BCUT2D eigenvalue weighted by Gasteiger charge is 2.25. The monoisotopic (exact) mass is 446 g/mol. The van der Waals surface area contributed by atoms with Crippen LogP contribution in [-0.2, 0) is 27.7 Å². The van der Waals surface area contributed by atoms with Gasteiger partial charge in [-0.05, 0) is 54.7 Å². The van der Waals surface area contributed by atoms with Gasteiger partial charge in [0.05, 0.1) is 25.5 Å². The summed E-state index contributed by atoms with van der Waals surface area (Å²) in [4.78, 5) is 12.6. The van der Waals surface area contributed by atoms with Gasteiger partial charge in [0.1, 0.15) is 0 Å². The molecule has 2 aromatic carbocycles. The van der Waals surface area contributed by atoms with Crippen molar-refractivity contribution in [3.05, 3.63) is 53.6 Å². The van der Waals surface area contributed by atoms with E-state index in [0.29, 0.717) is 42.4 Å². The molecule has 3 rings (SSSR count). The van der Waals surface area contributed by atoms with E-state index in [4.69, 9.17) is 9.47 Å². The second-order valence-corrected chi connectivity index (χ2v) is 9.51. The van der Waals surface area contributed by atoms with Crippen LogP contribution in [0.3, 0.4) is 0 Å². The summed E-state index contributed by atoms with van der Waals surface area (Å²) < 4.78 is 37.5. The highest BCUT2D eigenvalue weighted by molar-refractivity contribution is 7.89. The number of piperidine rings is 1. The van der Waals surface area contributed by atoms with Crippen molar-refractivity contribution in [2.45, 2.75) is 37.0 Å². The van der Waals surface area contributed by atoms with Crippen molar-refractivity contribution in [1.29, 1.82) is 0 Å². The molecule has 0 spiro atoms. The molecule has 1 N–H and O–H groups in total. The van der Waals surface area contributed by atoms with E-state index < -0.39 is 10.0 Å². The maximum atomic E-state index is 12.7. The molecule has 0 aromatic heterocycles.